The van der Waals surface area contributed by atoms with Crippen molar-refractivity contribution >= 4 is 33.2 Å². The summed E-state index contributed by atoms with van der Waals surface area (Å²) in [5.74, 6) is -0.108. The Morgan fingerprint density at radius 2 is 2.00 bits per heavy atom. The highest BCUT2D eigenvalue weighted by Gasteiger charge is 2.40. The Labute approximate surface area is 192 Å². The number of carbonyl (C=O) groups excluding carboxylic acids is 1. The molecule has 11 heteroatoms. The lowest BCUT2D eigenvalue weighted by Gasteiger charge is -2.28. The molecule has 0 atom stereocenters. The summed E-state index contributed by atoms with van der Waals surface area (Å²) in [7, 11) is -2.23. The molecule has 0 spiro atoms. The van der Waals surface area contributed by atoms with Gasteiger partial charge >= 0.3 is 0 Å². The Bertz CT molecular complexity index is 1110. The van der Waals surface area contributed by atoms with Gasteiger partial charge in [-0.3, -0.25) is 14.9 Å². The minimum Gasteiger partial charge on any atom is -0.353 e. The quantitative estimate of drug-likeness (QED) is 0.381. The molecule has 0 N–H and O–H groups in total. The first-order valence-corrected chi connectivity index (χ1v) is 12.2. The van der Waals surface area contributed by atoms with Gasteiger partial charge in [0.05, 0.1) is 22.9 Å². The van der Waals surface area contributed by atoms with E-state index < -0.39 is 20.6 Å². The topological polar surface area (TPSA) is 106 Å². The molecule has 174 valence electrons. The summed E-state index contributed by atoms with van der Waals surface area (Å²) in [6, 6.07) is 6.90. The van der Waals surface area contributed by atoms with Crippen molar-refractivity contribution < 1.29 is 18.1 Å². The van der Waals surface area contributed by atoms with Crippen LogP contribution >= 0.6 is 11.6 Å². The third kappa shape index (κ3) is 5.48. The van der Waals surface area contributed by atoms with E-state index in [1.807, 2.05) is 43.8 Å². The molecule has 32 heavy (non-hydrogen) atoms. The summed E-state index contributed by atoms with van der Waals surface area (Å²) in [6.07, 6.45) is 3.18. The average molecular weight is 483 g/mol. The van der Waals surface area contributed by atoms with E-state index in [1.165, 1.54) is 16.4 Å². The maximum Gasteiger partial charge on any atom is 0.289 e. The first kappa shape index (κ1) is 24.2. The van der Waals surface area contributed by atoms with Gasteiger partial charge in [-0.2, -0.15) is 4.31 Å². The second-order valence-electron chi connectivity index (χ2n) is 8.43. The Morgan fingerprint density at radius 1 is 1.31 bits per heavy atom. The fourth-order valence-corrected chi connectivity index (χ4v) is 5.33. The van der Waals surface area contributed by atoms with Gasteiger partial charge < -0.3 is 9.47 Å². The van der Waals surface area contributed by atoms with Crippen molar-refractivity contribution in [2.75, 3.05) is 13.1 Å². The summed E-state index contributed by atoms with van der Waals surface area (Å²) >= 11 is 5.84. The average Bonchev–Trinajstić information content (AvgIpc) is 3.47. The predicted octanol–water partition coefficient (Wildman–Crippen LogP) is 3.42. The van der Waals surface area contributed by atoms with Gasteiger partial charge in [0.2, 0.25) is 15.9 Å². The van der Waals surface area contributed by atoms with Crippen molar-refractivity contribution in [3.8, 4) is 0 Å². The lowest BCUT2D eigenvalue weighted by Crippen LogP contribution is -2.44. The van der Waals surface area contributed by atoms with E-state index in [1.54, 1.807) is 4.90 Å². The Balaban J connectivity index is 1.87. The lowest BCUT2D eigenvalue weighted by molar-refractivity contribution is -0.384. The molecule has 1 heterocycles. The molecule has 0 bridgehead atoms. The van der Waals surface area contributed by atoms with Gasteiger partial charge in [-0.1, -0.05) is 25.4 Å². The molecule has 0 radical (unpaired) electrons. The molecule has 1 aliphatic carbocycles. The molecule has 1 saturated carbocycles. The second-order valence-corrected chi connectivity index (χ2v) is 10.7. The number of carbonyl (C=O) groups is 1. The van der Waals surface area contributed by atoms with Gasteiger partial charge in [-0.25, -0.2) is 8.42 Å². The smallest absolute Gasteiger partial charge is 0.289 e. The lowest BCUT2D eigenvalue weighted by atomic mass is 10.2. The summed E-state index contributed by atoms with van der Waals surface area (Å²) in [6.45, 7) is 4.52. The van der Waals surface area contributed by atoms with Crippen molar-refractivity contribution in [1.29, 1.82) is 0 Å². The molecule has 1 aromatic heterocycles. The van der Waals surface area contributed by atoms with Crippen LogP contribution in [0.15, 0.2) is 41.4 Å². The highest BCUT2D eigenvalue weighted by atomic mass is 35.5. The monoisotopic (exact) mass is 482 g/mol. The van der Waals surface area contributed by atoms with E-state index in [0.29, 0.717) is 25.9 Å². The number of nitrogens with zero attached hydrogens (tertiary/aromatic N) is 4. The van der Waals surface area contributed by atoms with Gasteiger partial charge in [0.15, 0.2) is 0 Å². The molecule has 1 aromatic carbocycles. The fraction of sp³-hybridized carbons (Fsp3) is 0.476. The van der Waals surface area contributed by atoms with E-state index in [0.717, 1.165) is 11.8 Å². The number of rotatable bonds is 10. The highest BCUT2D eigenvalue weighted by molar-refractivity contribution is 7.89. The van der Waals surface area contributed by atoms with Crippen molar-refractivity contribution in [3.63, 3.8) is 0 Å². The van der Waals surface area contributed by atoms with E-state index in [9.17, 15) is 23.3 Å². The number of nitro groups is 1. The molecule has 0 aliphatic heterocycles. The first-order valence-electron chi connectivity index (χ1n) is 10.3. The zero-order valence-corrected chi connectivity index (χ0v) is 19.8. The number of amides is 1. The molecule has 0 unspecified atom stereocenters. The van der Waals surface area contributed by atoms with Crippen molar-refractivity contribution in [1.82, 2.24) is 13.8 Å². The molecule has 1 amide bonds. The predicted molar refractivity (Wildman–Crippen MR) is 121 cm³/mol. The van der Waals surface area contributed by atoms with Crippen molar-refractivity contribution in [3.05, 3.63) is 57.4 Å². The van der Waals surface area contributed by atoms with Crippen LogP contribution < -0.4 is 0 Å². The maximum absolute atomic E-state index is 13.3. The molecule has 1 fully saturated rings. The van der Waals surface area contributed by atoms with Crippen LogP contribution in [0.4, 0.5) is 5.69 Å². The van der Waals surface area contributed by atoms with Crippen molar-refractivity contribution in [2.45, 2.75) is 44.2 Å². The highest BCUT2D eigenvalue weighted by Crippen LogP contribution is 2.34. The fourth-order valence-electron chi connectivity index (χ4n) is 3.49. The normalized spacial score (nSPS) is 14.2. The van der Waals surface area contributed by atoms with Crippen LogP contribution in [0, 0.1) is 16.0 Å². The standard InChI is InChI=1S/C21H27ClN4O5S/c1-15(2)12-24(13-17-5-4-10-23(17)3)21(27)14-25(16-6-7-16)32(30,31)18-8-9-19(22)20(11-18)26(28)29/h4-5,8-11,15-16H,6-7,12-14H2,1-3H3. The Hall–Kier alpha value is -2.43. The van der Waals surface area contributed by atoms with Crippen LogP contribution in [0.1, 0.15) is 32.4 Å². The summed E-state index contributed by atoms with van der Waals surface area (Å²) in [5, 5.41) is 11.1. The second kappa shape index (κ2) is 9.60. The number of hydrogen-bond acceptors (Lipinski definition) is 5. The van der Waals surface area contributed by atoms with Crippen LogP contribution in [0.25, 0.3) is 0 Å². The number of halogens is 1. The summed E-state index contributed by atoms with van der Waals surface area (Å²) < 4.78 is 29.8. The molecule has 1 aliphatic rings. The number of aryl methyl sites for hydroxylation is 1. The third-order valence-electron chi connectivity index (χ3n) is 5.31. The van der Waals surface area contributed by atoms with Crippen LogP contribution in [0.2, 0.25) is 5.02 Å². The van der Waals surface area contributed by atoms with E-state index >= 15 is 0 Å². The molecule has 0 saturated heterocycles. The Morgan fingerprint density at radius 3 is 2.53 bits per heavy atom. The van der Waals surface area contributed by atoms with Gasteiger partial charge in [-0.05, 0) is 43.0 Å². The minimum atomic E-state index is -4.12. The molecule has 2 aromatic rings. The summed E-state index contributed by atoms with van der Waals surface area (Å²) in [4.78, 5) is 25.2. The molecule has 9 nitrogen and oxygen atoms in total. The van der Waals surface area contributed by atoms with Crippen LogP contribution in [-0.2, 0) is 28.4 Å². The zero-order valence-electron chi connectivity index (χ0n) is 18.3. The molecular formula is C21H27ClN4O5S. The minimum absolute atomic E-state index is 0.145. The first-order chi connectivity index (χ1) is 15.0. The van der Waals surface area contributed by atoms with Gasteiger partial charge in [0.25, 0.3) is 5.69 Å². The number of sulfonamides is 1. The number of nitro benzene ring substituents is 1. The van der Waals surface area contributed by atoms with E-state index in [4.69, 9.17) is 11.6 Å². The number of hydrogen-bond donors (Lipinski definition) is 0. The van der Waals surface area contributed by atoms with Crippen LogP contribution in [-0.4, -0.2) is 52.2 Å². The van der Waals surface area contributed by atoms with Crippen molar-refractivity contribution in [2.24, 2.45) is 13.0 Å². The van der Waals surface area contributed by atoms with Crippen LogP contribution in [0.3, 0.4) is 0 Å². The van der Waals surface area contributed by atoms with Gasteiger partial charge in [0.1, 0.15) is 5.02 Å². The summed E-state index contributed by atoms with van der Waals surface area (Å²) in [5.41, 5.74) is 0.452. The largest absolute Gasteiger partial charge is 0.353 e. The SMILES string of the molecule is CC(C)CN(Cc1cccn1C)C(=O)CN(C1CC1)S(=O)(=O)c1ccc(Cl)c([N+](=O)[O-])c1. The van der Waals surface area contributed by atoms with Gasteiger partial charge in [-0.15, -0.1) is 0 Å². The van der Waals surface area contributed by atoms with Crippen LogP contribution in [0.5, 0.6) is 0 Å². The number of aromatic nitrogens is 1. The zero-order chi connectivity index (χ0) is 23.6. The Kier molecular flexibility index (Phi) is 7.26. The molecular weight excluding hydrogens is 456 g/mol. The number of benzene rings is 1. The molecule has 3 rings (SSSR count). The van der Waals surface area contributed by atoms with E-state index in [2.05, 4.69) is 0 Å². The van der Waals surface area contributed by atoms with E-state index in [-0.39, 0.29) is 34.3 Å². The third-order valence-corrected chi connectivity index (χ3v) is 7.52. The van der Waals surface area contributed by atoms with Gasteiger partial charge in [0, 0.05) is 37.6 Å². The maximum atomic E-state index is 13.3.